The van der Waals surface area contributed by atoms with Crippen LogP contribution in [-0.2, 0) is 9.84 Å². The summed E-state index contributed by atoms with van der Waals surface area (Å²) in [6.07, 6.45) is 1.85. The Balaban J connectivity index is 2.94. The Labute approximate surface area is 121 Å². The number of aldehydes is 1. The molecular formula is C12H15BrO5S. The van der Waals surface area contributed by atoms with E-state index >= 15 is 0 Å². The summed E-state index contributed by atoms with van der Waals surface area (Å²) in [7, 11) is -3.08. The van der Waals surface area contributed by atoms with Gasteiger partial charge in [0.1, 0.15) is 12.9 Å². The van der Waals surface area contributed by atoms with Gasteiger partial charge in [0.05, 0.1) is 16.8 Å². The molecule has 19 heavy (non-hydrogen) atoms. The van der Waals surface area contributed by atoms with Crippen LogP contribution in [0.15, 0.2) is 16.6 Å². The van der Waals surface area contributed by atoms with Gasteiger partial charge in [-0.1, -0.05) is 0 Å². The number of benzene rings is 1. The number of halogens is 1. The Hall–Kier alpha value is -1.08. The highest BCUT2D eigenvalue weighted by atomic mass is 79.9. The van der Waals surface area contributed by atoms with Crippen molar-refractivity contribution in [3.05, 3.63) is 22.2 Å². The van der Waals surface area contributed by atoms with Crippen molar-refractivity contribution in [2.75, 3.05) is 25.2 Å². The van der Waals surface area contributed by atoms with Crippen LogP contribution in [0.25, 0.3) is 0 Å². The maximum absolute atomic E-state index is 11.0. The van der Waals surface area contributed by atoms with Crippen molar-refractivity contribution in [1.29, 1.82) is 0 Å². The third kappa shape index (κ3) is 5.20. The van der Waals surface area contributed by atoms with E-state index < -0.39 is 9.84 Å². The van der Waals surface area contributed by atoms with E-state index in [2.05, 4.69) is 15.9 Å². The number of sulfone groups is 1. The van der Waals surface area contributed by atoms with Gasteiger partial charge in [-0.15, -0.1) is 0 Å². The van der Waals surface area contributed by atoms with Crippen LogP contribution in [-0.4, -0.2) is 39.9 Å². The molecule has 1 aromatic carbocycles. The second-order valence-electron chi connectivity index (χ2n) is 3.86. The number of hydrogen-bond acceptors (Lipinski definition) is 5. The van der Waals surface area contributed by atoms with Crippen LogP contribution in [0.1, 0.15) is 17.3 Å². The Bertz CT molecular complexity index is 553. The van der Waals surface area contributed by atoms with E-state index in [1.165, 1.54) is 0 Å². The van der Waals surface area contributed by atoms with Crippen molar-refractivity contribution in [2.45, 2.75) is 6.92 Å². The van der Waals surface area contributed by atoms with Crippen LogP contribution >= 0.6 is 15.9 Å². The van der Waals surface area contributed by atoms with Crippen molar-refractivity contribution in [2.24, 2.45) is 0 Å². The van der Waals surface area contributed by atoms with Gasteiger partial charge in [0.25, 0.3) is 0 Å². The molecule has 0 saturated heterocycles. The molecule has 0 heterocycles. The minimum Gasteiger partial charge on any atom is -0.490 e. The fourth-order valence-corrected chi connectivity index (χ4v) is 2.31. The quantitative estimate of drug-likeness (QED) is 0.704. The van der Waals surface area contributed by atoms with Crippen LogP contribution in [0.4, 0.5) is 0 Å². The summed E-state index contributed by atoms with van der Waals surface area (Å²) in [5.41, 5.74) is 0.450. The van der Waals surface area contributed by atoms with Gasteiger partial charge in [0.2, 0.25) is 0 Å². The average Bonchev–Trinajstić information content (AvgIpc) is 2.31. The van der Waals surface area contributed by atoms with Gasteiger partial charge >= 0.3 is 0 Å². The van der Waals surface area contributed by atoms with Gasteiger partial charge in [-0.3, -0.25) is 4.79 Å². The second kappa shape index (κ2) is 6.91. The van der Waals surface area contributed by atoms with Gasteiger partial charge in [0, 0.05) is 11.8 Å². The van der Waals surface area contributed by atoms with Gasteiger partial charge in [-0.05, 0) is 35.0 Å². The molecule has 106 valence electrons. The highest BCUT2D eigenvalue weighted by molar-refractivity contribution is 9.10. The number of rotatable bonds is 7. The Morgan fingerprint density at radius 2 is 2.00 bits per heavy atom. The van der Waals surface area contributed by atoms with Crippen LogP contribution in [0.2, 0.25) is 0 Å². The summed E-state index contributed by atoms with van der Waals surface area (Å²) in [5, 5.41) is 0. The highest BCUT2D eigenvalue weighted by Gasteiger charge is 2.13. The molecule has 0 spiro atoms. The van der Waals surface area contributed by atoms with Crippen molar-refractivity contribution in [3.63, 3.8) is 0 Å². The van der Waals surface area contributed by atoms with E-state index in [9.17, 15) is 13.2 Å². The summed E-state index contributed by atoms with van der Waals surface area (Å²) in [6, 6.07) is 3.14. The molecule has 0 saturated carbocycles. The van der Waals surface area contributed by atoms with E-state index in [0.717, 1.165) is 6.26 Å². The topological polar surface area (TPSA) is 69.7 Å². The Kier molecular flexibility index (Phi) is 5.81. The molecule has 0 amide bonds. The van der Waals surface area contributed by atoms with Crippen LogP contribution in [0.3, 0.4) is 0 Å². The molecule has 0 fully saturated rings. The van der Waals surface area contributed by atoms with E-state index in [4.69, 9.17) is 9.47 Å². The molecule has 5 nitrogen and oxygen atoms in total. The normalized spacial score (nSPS) is 11.1. The van der Waals surface area contributed by atoms with Crippen molar-refractivity contribution < 1.29 is 22.7 Å². The van der Waals surface area contributed by atoms with Gasteiger partial charge in [-0.25, -0.2) is 8.42 Å². The molecule has 0 N–H and O–H groups in total. The number of ether oxygens (including phenoxy) is 2. The third-order valence-electron chi connectivity index (χ3n) is 2.17. The highest BCUT2D eigenvalue weighted by Crippen LogP contribution is 2.36. The fourth-order valence-electron chi connectivity index (χ4n) is 1.35. The zero-order valence-electron chi connectivity index (χ0n) is 10.7. The summed E-state index contributed by atoms with van der Waals surface area (Å²) < 4.78 is 33.5. The van der Waals surface area contributed by atoms with Gasteiger partial charge in [0.15, 0.2) is 21.3 Å². The first-order valence-electron chi connectivity index (χ1n) is 5.59. The zero-order valence-corrected chi connectivity index (χ0v) is 13.1. The molecule has 0 radical (unpaired) electrons. The lowest BCUT2D eigenvalue weighted by Gasteiger charge is -2.14. The lowest BCUT2D eigenvalue weighted by Crippen LogP contribution is -2.13. The maximum Gasteiger partial charge on any atom is 0.175 e. The van der Waals surface area contributed by atoms with Crippen LogP contribution in [0.5, 0.6) is 11.5 Å². The molecule has 0 unspecified atom stereocenters. The van der Waals surface area contributed by atoms with Gasteiger partial charge in [-0.2, -0.15) is 0 Å². The van der Waals surface area contributed by atoms with Gasteiger partial charge < -0.3 is 9.47 Å². The molecular weight excluding hydrogens is 336 g/mol. The monoisotopic (exact) mass is 350 g/mol. The summed E-state index contributed by atoms with van der Waals surface area (Å²) in [4.78, 5) is 10.8. The molecule has 0 bridgehead atoms. The minimum absolute atomic E-state index is 0.0257. The first-order chi connectivity index (χ1) is 8.87. The molecule has 7 heteroatoms. The zero-order chi connectivity index (χ0) is 14.5. The van der Waals surface area contributed by atoms with Crippen molar-refractivity contribution in [1.82, 2.24) is 0 Å². The fraction of sp³-hybridized carbons (Fsp3) is 0.417. The lowest BCUT2D eigenvalue weighted by atomic mass is 10.2. The van der Waals surface area contributed by atoms with E-state index in [0.29, 0.717) is 34.4 Å². The summed E-state index contributed by atoms with van der Waals surface area (Å²) in [5.74, 6) is 0.726. The van der Waals surface area contributed by atoms with E-state index in [1.807, 2.05) is 6.92 Å². The first kappa shape index (κ1) is 16.0. The maximum atomic E-state index is 11.0. The largest absolute Gasteiger partial charge is 0.490 e. The Morgan fingerprint density at radius 3 is 2.53 bits per heavy atom. The van der Waals surface area contributed by atoms with E-state index in [1.54, 1.807) is 12.1 Å². The molecule has 0 atom stereocenters. The Morgan fingerprint density at radius 1 is 1.32 bits per heavy atom. The van der Waals surface area contributed by atoms with Crippen LogP contribution < -0.4 is 9.47 Å². The minimum atomic E-state index is -3.08. The third-order valence-corrected chi connectivity index (χ3v) is 3.67. The van der Waals surface area contributed by atoms with Crippen LogP contribution in [0, 0.1) is 0 Å². The first-order valence-corrected chi connectivity index (χ1v) is 8.44. The molecule has 0 aliphatic carbocycles. The second-order valence-corrected chi connectivity index (χ2v) is 6.97. The van der Waals surface area contributed by atoms with Crippen molar-refractivity contribution >= 4 is 32.1 Å². The average molecular weight is 351 g/mol. The number of hydrogen-bond donors (Lipinski definition) is 0. The molecule has 0 aliphatic rings. The van der Waals surface area contributed by atoms with Crippen molar-refractivity contribution in [3.8, 4) is 11.5 Å². The lowest BCUT2D eigenvalue weighted by molar-refractivity contribution is 0.112. The smallest absolute Gasteiger partial charge is 0.175 e. The molecule has 0 aromatic heterocycles. The SMILES string of the molecule is CCOc1cc(C=O)cc(Br)c1OCCS(C)(=O)=O. The number of carbonyl (C=O) groups excluding carboxylic acids is 1. The number of carbonyl (C=O) groups is 1. The summed E-state index contributed by atoms with van der Waals surface area (Å²) in [6.45, 7) is 2.25. The summed E-state index contributed by atoms with van der Waals surface area (Å²) >= 11 is 3.28. The molecule has 1 rings (SSSR count). The molecule has 1 aromatic rings. The molecule has 0 aliphatic heterocycles. The predicted molar refractivity (Wildman–Crippen MR) is 75.9 cm³/mol. The standard InChI is InChI=1S/C12H15BrO5S/c1-3-17-11-7-9(8-14)6-10(13)12(11)18-4-5-19(2,15)16/h6-8H,3-5H2,1-2H3. The van der Waals surface area contributed by atoms with E-state index in [-0.39, 0.29) is 12.4 Å². The predicted octanol–water partition coefficient (Wildman–Crippen LogP) is 2.08.